The molecule has 0 fully saturated rings. The van der Waals surface area contributed by atoms with Crippen molar-refractivity contribution < 1.29 is 24.5 Å². The lowest BCUT2D eigenvalue weighted by molar-refractivity contribution is -0.138. The minimum absolute atomic E-state index is 0.153. The summed E-state index contributed by atoms with van der Waals surface area (Å²) in [4.78, 5) is 10.9. The molecule has 0 saturated carbocycles. The van der Waals surface area contributed by atoms with Crippen molar-refractivity contribution in [2.45, 2.75) is 25.0 Å². The summed E-state index contributed by atoms with van der Waals surface area (Å²) >= 11 is 0. The molecule has 3 N–H and O–H groups in total. The minimum atomic E-state index is -0.952. The van der Waals surface area contributed by atoms with Crippen LogP contribution in [0.3, 0.4) is 0 Å². The van der Waals surface area contributed by atoms with Crippen LogP contribution in [0.2, 0.25) is 0 Å². The van der Waals surface area contributed by atoms with Gasteiger partial charge in [-0.25, -0.2) is 0 Å². The van der Waals surface area contributed by atoms with Crippen molar-refractivity contribution in [1.82, 2.24) is 5.32 Å². The summed E-state index contributed by atoms with van der Waals surface area (Å²) in [7, 11) is 3.18. The molecule has 2 unspecified atom stereocenters. The summed E-state index contributed by atoms with van der Waals surface area (Å²) in [6.45, 7) is 1.17. The molecular weight excluding hydrogens is 274 g/mol. The predicted molar refractivity (Wildman–Crippen MR) is 78.5 cm³/mol. The maximum Gasteiger partial charge on any atom is 0.305 e. The van der Waals surface area contributed by atoms with E-state index in [1.54, 1.807) is 38.5 Å². The van der Waals surface area contributed by atoms with Crippen molar-refractivity contribution in [2.24, 2.45) is 0 Å². The molecule has 0 aromatic heterocycles. The fraction of sp³-hybridized carbons (Fsp3) is 0.533. The second-order valence-corrected chi connectivity index (χ2v) is 4.72. The monoisotopic (exact) mass is 297 g/mol. The zero-order valence-electron chi connectivity index (χ0n) is 12.4. The number of nitrogens with one attached hydrogen (secondary N) is 1. The van der Waals surface area contributed by atoms with Gasteiger partial charge >= 0.3 is 5.97 Å². The highest BCUT2D eigenvalue weighted by atomic mass is 16.5. The third-order valence-corrected chi connectivity index (χ3v) is 3.16. The smallest absolute Gasteiger partial charge is 0.305 e. The Kier molecular flexibility index (Phi) is 7.74. The molecule has 1 aromatic carbocycles. The second-order valence-electron chi connectivity index (χ2n) is 4.72. The van der Waals surface area contributed by atoms with Gasteiger partial charge in [-0.15, -0.1) is 0 Å². The van der Waals surface area contributed by atoms with Gasteiger partial charge < -0.3 is 25.0 Å². The van der Waals surface area contributed by atoms with Crippen molar-refractivity contribution in [2.75, 3.05) is 27.4 Å². The van der Waals surface area contributed by atoms with Crippen LogP contribution >= 0.6 is 0 Å². The molecule has 0 radical (unpaired) electrons. The maximum absolute atomic E-state index is 10.9. The van der Waals surface area contributed by atoms with Crippen LogP contribution in [0.25, 0.3) is 0 Å². The summed E-state index contributed by atoms with van der Waals surface area (Å²) < 4.78 is 10.0. The van der Waals surface area contributed by atoms with E-state index in [1.165, 1.54) is 0 Å². The van der Waals surface area contributed by atoms with Crippen LogP contribution in [0.15, 0.2) is 24.3 Å². The van der Waals surface area contributed by atoms with Crippen molar-refractivity contribution in [3.63, 3.8) is 0 Å². The number of hydrogen-bond donors (Lipinski definition) is 3. The average Bonchev–Trinajstić information content (AvgIpc) is 2.49. The molecule has 0 amide bonds. The molecule has 2 atom stereocenters. The third-order valence-electron chi connectivity index (χ3n) is 3.16. The van der Waals surface area contributed by atoms with Gasteiger partial charge in [-0.1, -0.05) is 12.1 Å². The zero-order valence-corrected chi connectivity index (χ0v) is 12.4. The van der Waals surface area contributed by atoms with Gasteiger partial charge in [0.1, 0.15) is 5.75 Å². The topological polar surface area (TPSA) is 88.0 Å². The van der Waals surface area contributed by atoms with Crippen LogP contribution in [0.5, 0.6) is 5.75 Å². The van der Waals surface area contributed by atoms with E-state index < -0.39 is 18.1 Å². The lowest BCUT2D eigenvalue weighted by Gasteiger charge is -2.23. The van der Waals surface area contributed by atoms with E-state index in [9.17, 15) is 9.90 Å². The number of hydrogen-bond acceptors (Lipinski definition) is 5. The summed E-state index contributed by atoms with van der Waals surface area (Å²) in [5, 5.41) is 22.4. The molecule has 1 aromatic rings. The zero-order chi connectivity index (χ0) is 15.7. The van der Waals surface area contributed by atoms with E-state index in [0.717, 1.165) is 6.42 Å². The SMILES string of the molecule is COCCCNC(CC(=O)O)C(O)c1ccc(OC)cc1. The van der Waals surface area contributed by atoms with Crippen LogP contribution in [0.1, 0.15) is 24.5 Å². The first-order chi connectivity index (χ1) is 10.1. The highest BCUT2D eigenvalue weighted by Gasteiger charge is 2.23. The fourth-order valence-corrected chi connectivity index (χ4v) is 2.02. The van der Waals surface area contributed by atoms with E-state index in [2.05, 4.69) is 5.32 Å². The Bertz CT molecular complexity index is 421. The molecule has 1 rings (SSSR count). The van der Waals surface area contributed by atoms with E-state index in [0.29, 0.717) is 24.5 Å². The molecule has 0 saturated heterocycles. The van der Waals surface area contributed by atoms with Gasteiger partial charge in [-0.3, -0.25) is 4.79 Å². The molecule has 21 heavy (non-hydrogen) atoms. The molecule has 0 spiro atoms. The normalized spacial score (nSPS) is 13.7. The number of rotatable bonds is 10. The Hall–Kier alpha value is -1.63. The number of carbonyl (C=O) groups is 1. The van der Waals surface area contributed by atoms with Crippen LogP contribution in [-0.2, 0) is 9.53 Å². The Morgan fingerprint density at radius 2 is 1.95 bits per heavy atom. The van der Waals surface area contributed by atoms with Crippen LogP contribution in [0.4, 0.5) is 0 Å². The van der Waals surface area contributed by atoms with E-state index in [1.807, 2.05) is 0 Å². The van der Waals surface area contributed by atoms with Gasteiger partial charge in [0.25, 0.3) is 0 Å². The fourth-order valence-electron chi connectivity index (χ4n) is 2.02. The summed E-state index contributed by atoms with van der Waals surface area (Å²) in [5.41, 5.74) is 0.654. The maximum atomic E-state index is 10.9. The second kappa shape index (κ2) is 9.33. The van der Waals surface area contributed by atoms with E-state index in [4.69, 9.17) is 14.6 Å². The van der Waals surface area contributed by atoms with Gasteiger partial charge in [0.15, 0.2) is 0 Å². The number of ether oxygens (including phenoxy) is 2. The van der Waals surface area contributed by atoms with Gasteiger partial charge in [-0.2, -0.15) is 0 Å². The molecule has 6 nitrogen and oxygen atoms in total. The Morgan fingerprint density at radius 3 is 2.48 bits per heavy atom. The highest BCUT2D eigenvalue weighted by Crippen LogP contribution is 2.21. The van der Waals surface area contributed by atoms with Crippen molar-refractivity contribution >= 4 is 5.97 Å². The third kappa shape index (κ3) is 6.12. The number of aliphatic hydroxyl groups is 1. The number of benzene rings is 1. The molecule has 0 aliphatic rings. The summed E-state index contributed by atoms with van der Waals surface area (Å²) in [5.74, 6) is -0.263. The first-order valence-electron chi connectivity index (χ1n) is 6.84. The largest absolute Gasteiger partial charge is 0.497 e. The van der Waals surface area contributed by atoms with Gasteiger partial charge in [0.05, 0.1) is 19.6 Å². The molecule has 0 aliphatic carbocycles. The number of aliphatic hydroxyl groups excluding tert-OH is 1. The Balaban J connectivity index is 2.67. The summed E-state index contributed by atoms with van der Waals surface area (Å²) in [6.07, 6.45) is -0.295. The Labute approximate surface area is 124 Å². The van der Waals surface area contributed by atoms with Gasteiger partial charge in [-0.05, 0) is 30.7 Å². The molecule has 0 heterocycles. The van der Waals surface area contributed by atoms with E-state index >= 15 is 0 Å². The van der Waals surface area contributed by atoms with Crippen LogP contribution in [-0.4, -0.2) is 49.6 Å². The lowest BCUT2D eigenvalue weighted by Crippen LogP contribution is -2.37. The first kappa shape index (κ1) is 17.4. The van der Waals surface area contributed by atoms with E-state index in [-0.39, 0.29) is 6.42 Å². The number of carboxylic acids is 1. The van der Waals surface area contributed by atoms with Crippen LogP contribution in [0, 0.1) is 0 Å². The number of aliphatic carboxylic acids is 1. The quantitative estimate of drug-likeness (QED) is 0.562. The molecule has 0 aliphatic heterocycles. The van der Waals surface area contributed by atoms with Gasteiger partial charge in [0.2, 0.25) is 0 Å². The Morgan fingerprint density at radius 1 is 1.29 bits per heavy atom. The number of methoxy groups -OCH3 is 2. The highest BCUT2D eigenvalue weighted by molar-refractivity contribution is 5.67. The standard InChI is InChI=1S/C15H23NO5/c1-20-9-3-8-16-13(10-14(17)18)15(19)11-4-6-12(21-2)7-5-11/h4-7,13,15-16,19H,3,8-10H2,1-2H3,(H,17,18). The lowest BCUT2D eigenvalue weighted by atomic mass is 9.99. The predicted octanol–water partition coefficient (Wildman–Crippen LogP) is 1.20. The molecule has 6 heteroatoms. The molecule has 118 valence electrons. The van der Waals surface area contributed by atoms with Crippen molar-refractivity contribution in [3.8, 4) is 5.75 Å². The first-order valence-corrected chi connectivity index (χ1v) is 6.84. The molecular formula is C15H23NO5. The summed E-state index contributed by atoms with van der Waals surface area (Å²) in [6, 6.07) is 6.39. The van der Waals surface area contributed by atoms with Crippen LogP contribution < -0.4 is 10.1 Å². The van der Waals surface area contributed by atoms with Crippen molar-refractivity contribution in [3.05, 3.63) is 29.8 Å². The molecule has 0 bridgehead atoms. The number of carboxylic acid groups (broad SMARTS) is 1. The average molecular weight is 297 g/mol. The van der Waals surface area contributed by atoms with Crippen molar-refractivity contribution in [1.29, 1.82) is 0 Å². The van der Waals surface area contributed by atoms with Gasteiger partial charge in [0, 0.05) is 19.8 Å². The minimum Gasteiger partial charge on any atom is -0.497 e.